The summed E-state index contributed by atoms with van der Waals surface area (Å²) in [6, 6.07) is 8.74. The van der Waals surface area contributed by atoms with Crippen LogP contribution in [-0.4, -0.2) is 9.97 Å². The number of nitrogen functional groups attached to an aromatic ring is 1. The van der Waals surface area contributed by atoms with Crippen molar-refractivity contribution in [1.29, 1.82) is 0 Å². The van der Waals surface area contributed by atoms with E-state index in [0.717, 1.165) is 17.8 Å². The number of nitrogens with two attached hydrogens (primary N) is 1. The first kappa shape index (κ1) is 14.1. The van der Waals surface area contributed by atoms with E-state index in [-0.39, 0.29) is 0 Å². The molecule has 3 heteroatoms. The van der Waals surface area contributed by atoms with Crippen LogP contribution in [0, 0.1) is 0 Å². The predicted molar refractivity (Wildman–Crippen MR) is 86.3 cm³/mol. The molecule has 1 heterocycles. The van der Waals surface area contributed by atoms with Gasteiger partial charge in [-0.3, -0.25) is 4.98 Å². The van der Waals surface area contributed by atoms with E-state index in [0.29, 0.717) is 11.7 Å². The Kier molecular flexibility index (Phi) is 4.18. The molecule has 2 N–H and O–H groups in total. The van der Waals surface area contributed by atoms with Crippen molar-refractivity contribution in [2.45, 2.75) is 51.4 Å². The van der Waals surface area contributed by atoms with Gasteiger partial charge in [-0.2, -0.15) is 0 Å². The lowest BCUT2D eigenvalue weighted by Gasteiger charge is -2.02. The van der Waals surface area contributed by atoms with Crippen molar-refractivity contribution in [2.75, 3.05) is 5.73 Å². The summed E-state index contributed by atoms with van der Waals surface area (Å²) < 4.78 is 0. The highest BCUT2D eigenvalue weighted by molar-refractivity contribution is 5.35. The lowest BCUT2D eigenvalue weighted by molar-refractivity contribution is 0.912. The van der Waals surface area contributed by atoms with Crippen molar-refractivity contribution in [2.24, 2.45) is 0 Å². The molecule has 3 nitrogen and oxygen atoms in total. The van der Waals surface area contributed by atoms with Crippen molar-refractivity contribution in [3.63, 3.8) is 0 Å². The number of aryl methyl sites for hydroxylation is 3. The first-order valence-electron chi connectivity index (χ1n) is 7.96. The number of anilines is 1. The van der Waals surface area contributed by atoms with Gasteiger partial charge in [0.15, 0.2) is 0 Å². The minimum Gasteiger partial charge on any atom is -0.382 e. The normalized spacial score (nSPS) is 16.0. The average molecular weight is 281 g/mol. The number of rotatable bonds is 2. The second-order valence-electron chi connectivity index (χ2n) is 5.88. The van der Waals surface area contributed by atoms with Gasteiger partial charge in [0.1, 0.15) is 5.82 Å². The zero-order valence-electron chi connectivity index (χ0n) is 12.7. The van der Waals surface area contributed by atoms with Crippen LogP contribution in [0.2, 0.25) is 0 Å². The third-order valence-corrected chi connectivity index (χ3v) is 4.24. The summed E-state index contributed by atoms with van der Waals surface area (Å²) in [6.07, 6.45) is 9.20. The van der Waals surface area contributed by atoms with Crippen molar-refractivity contribution in [1.82, 2.24) is 9.97 Å². The molecule has 1 aromatic heterocycles. The number of benzene rings is 1. The summed E-state index contributed by atoms with van der Waals surface area (Å²) in [5, 5.41) is 0. The predicted octanol–water partition coefficient (Wildman–Crippen LogP) is 3.67. The fourth-order valence-corrected chi connectivity index (χ4v) is 2.81. The Labute approximate surface area is 126 Å². The standard InChI is InChI=1S/C9H13N3.C9H10/c1-2-7-9(10)12-8(5-11-7)6-3-4-6;1-2-5-9-7-3-6-8(9)4-1/h5-6H,2-4H2,1H3,(H2,10,12);1-2,4-5H,3,6-7H2. The summed E-state index contributed by atoms with van der Waals surface area (Å²) in [4.78, 5) is 8.59. The highest BCUT2D eigenvalue weighted by Crippen LogP contribution is 2.38. The van der Waals surface area contributed by atoms with Gasteiger partial charge in [0.2, 0.25) is 0 Å². The van der Waals surface area contributed by atoms with Crippen LogP contribution in [0.3, 0.4) is 0 Å². The minimum atomic E-state index is 0.613. The molecule has 4 rings (SSSR count). The Bertz CT molecular complexity index is 595. The highest BCUT2D eigenvalue weighted by atomic mass is 14.9. The molecule has 0 bridgehead atoms. The van der Waals surface area contributed by atoms with Gasteiger partial charge < -0.3 is 5.73 Å². The summed E-state index contributed by atoms with van der Waals surface area (Å²) in [5.74, 6) is 1.26. The molecule has 0 aliphatic heterocycles. The van der Waals surface area contributed by atoms with Gasteiger partial charge in [-0.1, -0.05) is 31.2 Å². The van der Waals surface area contributed by atoms with Crippen LogP contribution in [0.5, 0.6) is 0 Å². The van der Waals surface area contributed by atoms with Crippen molar-refractivity contribution < 1.29 is 0 Å². The lowest BCUT2D eigenvalue weighted by atomic mass is 10.1. The number of aromatic nitrogens is 2. The highest BCUT2D eigenvalue weighted by Gasteiger charge is 2.25. The summed E-state index contributed by atoms with van der Waals surface area (Å²) >= 11 is 0. The lowest BCUT2D eigenvalue weighted by Crippen LogP contribution is -2.02. The van der Waals surface area contributed by atoms with Gasteiger partial charge in [-0.05, 0) is 49.7 Å². The van der Waals surface area contributed by atoms with Gasteiger partial charge in [0.05, 0.1) is 11.4 Å². The number of hydrogen-bond donors (Lipinski definition) is 1. The van der Waals surface area contributed by atoms with E-state index in [1.807, 2.05) is 13.1 Å². The van der Waals surface area contributed by atoms with Gasteiger partial charge in [-0.15, -0.1) is 0 Å². The number of nitrogens with zero attached hydrogens (tertiary/aromatic N) is 2. The van der Waals surface area contributed by atoms with Crippen LogP contribution in [-0.2, 0) is 19.3 Å². The van der Waals surface area contributed by atoms with Crippen LogP contribution in [0.4, 0.5) is 5.82 Å². The van der Waals surface area contributed by atoms with E-state index < -0.39 is 0 Å². The molecule has 2 aliphatic rings. The summed E-state index contributed by atoms with van der Waals surface area (Å²) in [5.41, 5.74) is 10.8. The molecule has 1 aromatic carbocycles. The number of hydrogen-bond acceptors (Lipinski definition) is 3. The Morgan fingerprint density at radius 1 is 1.14 bits per heavy atom. The van der Waals surface area contributed by atoms with Crippen LogP contribution < -0.4 is 5.73 Å². The minimum absolute atomic E-state index is 0.613. The van der Waals surface area contributed by atoms with Crippen molar-refractivity contribution in [3.05, 3.63) is 53.0 Å². The Balaban J connectivity index is 0.000000131. The molecule has 0 unspecified atom stereocenters. The van der Waals surface area contributed by atoms with Gasteiger partial charge >= 0.3 is 0 Å². The second kappa shape index (κ2) is 6.25. The van der Waals surface area contributed by atoms with E-state index in [1.165, 1.54) is 32.1 Å². The first-order chi connectivity index (χ1) is 10.3. The molecular formula is C18H23N3. The zero-order valence-corrected chi connectivity index (χ0v) is 12.7. The van der Waals surface area contributed by atoms with Gasteiger partial charge in [0, 0.05) is 12.1 Å². The molecule has 0 spiro atoms. The van der Waals surface area contributed by atoms with E-state index >= 15 is 0 Å². The monoisotopic (exact) mass is 281 g/mol. The van der Waals surface area contributed by atoms with Crippen molar-refractivity contribution in [3.8, 4) is 0 Å². The van der Waals surface area contributed by atoms with E-state index in [9.17, 15) is 0 Å². The Hall–Kier alpha value is -1.90. The van der Waals surface area contributed by atoms with Crippen molar-refractivity contribution >= 4 is 5.82 Å². The molecule has 2 aliphatic carbocycles. The van der Waals surface area contributed by atoms with Crippen LogP contribution in [0.15, 0.2) is 30.5 Å². The third kappa shape index (κ3) is 3.41. The van der Waals surface area contributed by atoms with E-state index in [4.69, 9.17) is 5.73 Å². The first-order valence-corrected chi connectivity index (χ1v) is 7.96. The maximum Gasteiger partial charge on any atom is 0.145 e. The molecule has 1 saturated carbocycles. The fraction of sp³-hybridized carbons (Fsp3) is 0.444. The smallest absolute Gasteiger partial charge is 0.145 e. The van der Waals surface area contributed by atoms with Gasteiger partial charge in [-0.25, -0.2) is 4.98 Å². The Morgan fingerprint density at radius 3 is 2.33 bits per heavy atom. The largest absolute Gasteiger partial charge is 0.382 e. The SMILES string of the molecule is CCc1ncc(C2CC2)nc1N.c1ccc2c(c1)CCC2. The van der Waals surface area contributed by atoms with Crippen LogP contribution in [0.25, 0.3) is 0 Å². The summed E-state index contributed by atoms with van der Waals surface area (Å²) in [7, 11) is 0. The fourth-order valence-electron chi connectivity index (χ4n) is 2.81. The topological polar surface area (TPSA) is 51.8 Å². The second-order valence-corrected chi connectivity index (χ2v) is 5.88. The zero-order chi connectivity index (χ0) is 14.7. The molecule has 0 amide bonds. The maximum atomic E-state index is 5.72. The summed E-state index contributed by atoms with van der Waals surface area (Å²) in [6.45, 7) is 2.04. The van der Waals surface area contributed by atoms with E-state index in [1.54, 1.807) is 11.1 Å². The van der Waals surface area contributed by atoms with Gasteiger partial charge in [0.25, 0.3) is 0 Å². The van der Waals surface area contributed by atoms with E-state index in [2.05, 4.69) is 34.2 Å². The van der Waals surface area contributed by atoms with Crippen LogP contribution in [0.1, 0.15) is 54.6 Å². The maximum absolute atomic E-state index is 5.72. The average Bonchev–Trinajstić information content (AvgIpc) is 3.25. The molecule has 0 radical (unpaired) electrons. The molecule has 21 heavy (non-hydrogen) atoms. The molecule has 110 valence electrons. The molecule has 0 atom stereocenters. The molecule has 2 aromatic rings. The molecular weight excluding hydrogens is 258 g/mol. The number of fused-ring (bicyclic) bond motifs is 1. The Morgan fingerprint density at radius 2 is 1.81 bits per heavy atom. The quantitative estimate of drug-likeness (QED) is 0.913. The molecule has 1 fully saturated rings. The third-order valence-electron chi connectivity index (χ3n) is 4.24. The van der Waals surface area contributed by atoms with Crippen LogP contribution >= 0.6 is 0 Å². The molecule has 0 saturated heterocycles.